The number of likely N-dealkylation sites (tertiary alicyclic amines) is 1. The summed E-state index contributed by atoms with van der Waals surface area (Å²) in [6.45, 7) is 5.31. The van der Waals surface area contributed by atoms with Crippen molar-refractivity contribution >= 4 is 22.7 Å². The second-order valence-electron chi connectivity index (χ2n) is 7.86. The Morgan fingerprint density at radius 2 is 1.89 bits per heavy atom. The molecule has 142 valence electrons. The third-order valence-electron chi connectivity index (χ3n) is 6.15. The molecule has 0 bridgehead atoms. The lowest BCUT2D eigenvalue weighted by Gasteiger charge is -2.37. The first kappa shape index (κ1) is 18.0. The van der Waals surface area contributed by atoms with Crippen LogP contribution in [0.5, 0.6) is 0 Å². The lowest BCUT2D eigenvalue weighted by atomic mass is 9.90. The Morgan fingerprint density at radius 1 is 1.11 bits per heavy atom. The molecule has 5 heteroatoms. The molecule has 2 aliphatic heterocycles. The normalized spacial score (nSPS) is 26.6. The van der Waals surface area contributed by atoms with Gasteiger partial charge >= 0.3 is 6.03 Å². The van der Waals surface area contributed by atoms with Gasteiger partial charge in [0.15, 0.2) is 0 Å². The molecule has 2 saturated heterocycles. The van der Waals surface area contributed by atoms with Crippen molar-refractivity contribution in [2.45, 2.75) is 51.1 Å². The van der Waals surface area contributed by atoms with Gasteiger partial charge < -0.3 is 5.32 Å². The van der Waals surface area contributed by atoms with Gasteiger partial charge in [-0.25, -0.2) is 9.69 Å². The summed E-state index contributed by atoms with van der Waals surface area (Å²) in [4.78, 5) is 29.6. The van der Waals surface area contributed by atoms with Crippen molar-refractivity contribution < 1.29 is 9.59 Å². The van der Waals surface area contributed by atoms with Crippen molar-refractivity contribution in [2.75, 3.05) is 13.2 Å². The Morgan fingerprint density at radius 3 is 2.67 bits per heavy atom. The van der Waals surface area contributed by atoms with Gasteiger partial charge in [-0.2, -0.15) is 0 Å². The molecule has 2 aliphatic rings. The quantitative estimate of drug-likeness (QED) is 0.838. The predicted octanol–water partition coefficient (Wildman–Crippen LogP) is 3.83. The van der Waals surface area contributed by atoms with Crippen molar-refractivity contribution in [2.24, 2.45) is 0 Å². The van der Waals surface area contributed by atoms with E-state index in [-0.39, 0.29) is 11.9 Å². The van der Waals surface area contributed by atoms with Crippen LogP contribution in [0.1, 0.15) is 45.1 Å². The zero-order valence-corrected chi connectivity index (χ0v) is 16.1. The molecule has 2 fully saturated rings. The molecule has 0 spiro atoms. The highest BCUT2D eigenvalue weighted by atomic mass is 16.2. The highest BCUT2D eigenvalue weighted by Crippen LogP contribution is 2.32. The topological polar surface area (TPSA) is 52.6 Å². The van der Waals surface area contributed by atoms with Crippen LogP contribution in [0, 0.1) is 0 Å². The van der Waals surface area contributed by atoms with E-state index in [9.17, 15) is 9.59 Å². The van der Waals surface area contributed by atoms with Crippen LogP contribution >= 0.6 is 0 Å². The van der Waals surface area contributed by atoms with Crippen molar-refractivity contribution in [3.05, 3.63) is 48.0 Å². The number of hydrogen-bond acceptors (Lipinski definition) is 3. The molecule has 5 nitrogen and oxygen atoms in total. The maximum absolute atomic E-state index is 13.3. The van der Waals surface area contributed by atoms with Crippen molar-refractivity contribution in [3.8, 4) is 0 Å². The maximum Gasteiger partial charge on any atom is 0.326 e. The largest absolute Gasteiger partial charge is 0.326 e. The van der Waals surface area contributed by atoms with Gasteiger partial charge in [0.1, 0.15) is 5.54 Å². The number of benzene rings is 2. The number of nitrogens with one attached hydrogen (secondary N) is 1. The third kappa shape index (κ3) is 3.10. The van der Waals surface area contributed by atoms with E-state index in [0.29, 0.717) is 12.7 Å². The molecule has 0 unspecified atom stereocenters. The average Bonchev–Trinajstić information content (AvgIpc) is 2.92. The molecular formula is C22H27N3O2. The van der Waals surface area contributed by atoms with Gasteiger partial charge in [0.25, 0.3) is 5.91 Å². The van der Waals surface area contributed by atoms with E-state index in [0.717, 1.165) is 42.1 Å². The average molecular weight is 365 g/mol. The van der Waals surface area contributed by atoms with Gasteiger partial charge in [0.2, 0.25) is 0 Å². The van der Waals surface area contributed by atoms with E-state index in [1.807, 2.05) is 49.4 Å². The number of piperidine rings is 1. The zero-order chi connectivity index (χ0) is 19.0. The summed E-state index contributed by atoms with van der Waals surface area (Å²) in [6.07, 6.45) is 4.54. The van der Waals surface area contributed by atoms with Gasteiger partial charge in [-0.15, -0.1) is 0 Å². The number of hydrogen-bond donors (Lipinski definition) is 1. The maximum atomic E-state index is 13.3. The minimum absolute atomic E-state index is 0.164. The number of urea groups is 1. The van der Waals surface area contributed by atoms with Crippen LogP contribution in [0.3, 0.4) is 0 Å². The standard InChI is InChI=1S/C22H27N3O2/c1-3-19-10-6-7-13-24(19)15-25-20(26)22(2,23-21(25)27)18-12-11-16-8-4-5-9-17(16)14-18/h4-5,8-9,11-12,14,19H,3,6-7,10,13,15H2,1-2H3,(H,23,27)/t19-,22+/m0/s1. The number of fused-ring (bicyclic) bond motifs is 1. The molecule has 2 aromatic carbocycles. The van der Waals surface area contributed by atoms with E-state index in [1.165, 1.54) is 11.3 Å². The van der Waals surface area contributed by atoms with Gasteiger partial charge in [0.05, 0.1) is 6.67 Å². The predicted molar refractivity (Wildman–Crippen MR) is 106 cm³/mol. The van der Waals surface area contributed by atoms with Crippen LogP contribution in [-0.2, 0) is 10.3 Å². The fourth-order valence-corrected chi connectivity index (χ4v) is 4.41. The zero-order valence-electron chi connectivity index (χ0n) is 16.1. The second kappa shape index (κ2) is 6.97. The molecule has 2 atom stereocenters. The Balaban J connectivity index is 1.60. The smallest absolute Gasteiger partial charge is 0.319 e. The Hall–Kier alpha value is -2.40. The first-order valence-corrected chi connectivity index (χ1v) is 9.90. The van der Waals surface area contributed by atoms with Crippen molar-refractivity contribution in [1.29, 1.82) is 0 Å². The van der Waals surface area contributed by atoms with Gasteiger partial charge in [0, 0.05) is 12.6 Å². The summed E-state index contributed by atoms with van der Waals surface area (Å²) in [7, 11) is 0. The SMILES string of the molecule is CC[C@H]1CCCCN1CN1C(=O)N[C@](C)(c2ccc3ccccc3c2)C1=O. The molecule has 4 rings (SSSR count). The van der Waals surface area contributed by atoms with Crippen LogP contribution in [0.4, 0.5) is 4.79 Å². The second-order valence-corrected chi connectivity index (χ2v) is 7.86. The van der Waals surface area contributed by atoms with Gasteiger partial charge in [-0.05, 0) is 48.6 Å². The van der Waals surface area contributed by atoms with Crippen LogP contribution in [0.25, 0.3) is 10.8 Å². The van der Waals surface area contributed by atoms with E-state index in [1.54, 1.807) is 0 Å². The van der Waals surface area contributed by atoms with E-state index in [4.69, 9.17) is 0 Å². The first-order chi connectivity index (χ1) is 13.0. The highest BCUT2D eigenvalue weighted by Gasteiger charge is 2.49. The summed E-state index contributed by atoms with van der Waals surface area (Å²) in [5.41, 5.74) is -0.189. The summed E-state index contributed by atoms with van der Waals surface area (Å²) in [6, 6.07) is 14.2. The van der Waals surface area contributed by atoms with Gasteiger partial charge in [-0.3, -0.25) is 9.69 Å². The summed E-state index contributed by atoms with van der Waals surface area (Å²) in [5.74, 6) is -0.164. The number of imide groups is 1. The van der Waals surface area contributed by atoms with Crippen LogP contribution in [0.15, 0.2) is 42.5 Å². The summed E-state index contributed by atoms with van der Waals surface area (Å²) < 4.78 is 0. The monoisotopic (exact) mass is 365 g/mol. The Labute approximate surface area is 160 Å². The van der Waals surface area contributed by atoms with Crippen LogP contribution in [0.2, 0.25) is 0 Å². The number of rotatable bonds is 4. The molecule has 0 saturated carbocycles. The molecule has 0 radical (unpaired) electrons. The van der Waals surface area contributed by atoms with E-state index >= 15 is 0 Å². The highest BCUT2D eigenvalue weighted by molar-refractivity contribution is 6.07. The van der Waals surface area contributed by atoms with Crippen LogP contribution < -0.4 is 5.32 Å². The Bertz CT molecular complexity index is 881. The lowest BCUT2D eigenvalue weighted by molar-refractivity contribution is -0.133. The molecule has 2 aromatic rings. The third-order valence-corrected chi connectivity index (χ3v) is 6.15. The molecular weight excluding hydrogens is 338 g/mol. The van der Waals surface area contributed by atoms with Crippen molar-refractivity contribution in [3.63, 3.8) is 0 Å². The molecule has 2 heterocycles. The minimum atomic E-state index is -1.02. The van der Waals surface area contributed by atoms with Gasteiger partial charge in [-0.1, -0.05) is 49.7 Å². The minimum Gasteiger partial charge on any atom is -0.319 e. The molecule has 0 aromatic heterocycles. The van der Waals surface area contributed by atoms with E-state index in [2.05, 4.69) is 17.1 Å². The fourth-order valence-electron chi connectivity index (χ4n) is 4.41. The number of carbonyl (C=O) groups excluding carboxylic acids is 2. The fraction of sp³-hybridized carbons (Fsp3) is 0.455. The van der Waals surface area contributed by atoms with Crippen LogP contribution in [-0.4, -0.2) is 41.0 Å². The van der Waals surface area contributed by atoms with Crippen molar-refractivity contribution in [1.82, 2.24) is 15.1 Å². The number of carbonyl (C=O) groups is 2. The number of nitrogens with zero attached hydrogens (tertiary/aromatic N) is 2. The van der Waals surface area contributed by atoms with E-state index < -0.39 is 5.54 Å². The first-order valence-electron chi connectivity index (χ1n) is 9.90. The lowest BCUT2D eigenvalue weighted by Crippen LogP contribution is -2.48. The molecule has 27 heavy (non-hydrogen) atoms. The Kier molecular flexibility index (Phi) is 4.64. The summed E-state index contributed by atoms with van der Waals surface area (Å²) >= 11 is 0. The summed E-state index contributed by atoms with van der Waals surface area (Å²) in [5, 5.41) is 5.14. The molecule has 0 aliphatic carbocycles. The molecule has 1 N–H and O–H groups in total. The molecule has 3 amide bonds. The number of amides is 3.